The zero-order valence-corrected chi connectivity index (χ0v) is 23.1. The highest BCUT2D eigenvalue weighted by Crippen LogP contribution is 2.32. The van der Waals surface area contributed by atoms with Gasteiger partial charge in [0.15, 0.2) is 10.9 Å². The van der Waals surface area contributed by atoms with E-state index in [9.17, 15) is 9.59 Å². The number of furan rings is 1. The van der Waals surface area contributed by atoms with Gasteiger partial charge in [-0.3, -0.25) is 14.9 Å². The third-order valence-electron chi connectivity index (χ3n) is 6.04. The molecule has 0 radical (unpaired) electrons. The molecule has 2 aromatic carbocycles. The molecule has 1 saturated heterocycles. The number of anilines is 2. The van der Waals surface area contributed by atoms with E-state index in [4.69, 9.17) is 39.8 Å². The van der Waals surface area contributed by atoms with Crippen molar-refractivity contribution in [1.29, 1.82) is 0 Å². The minimum atomic E-state index is -0.488. The number of benzene rings is 2. The van der Waals surface area contributed by atoms with Gasteiger partial charge in [0.05, 0.1) is 9.90 Å². The quantitative estimate of drug-likeness (QED) is 0.264. The number of amides is 2. The Morgan fingerprint density at radius 3 is 2.42 bits per heavy atom. The normalized spacial score (nSPS) is 13.3. The van der Waals surface area contributed by atoms with Crippen molar-refractivity contribution in [2.45, 2.75) is 0 Å². The zero-order valence-electron chi connectivity index (χ0n) is 19.9. The molecule has 7 nitrogen and oxygen atoms in total. The lowest BCUT2D eigenvalue weighted by Gasteiger charge is -2.36. The third-order valence-corrected chi connectivity index (χ3v) is 7.67. The van der Waals surface area contributed by atoms with Gasteiger partial charge in [-0.15, -0.1) is 11.3 Å². The van der Waals surface area contributed by atoms with Crippen molar-refractivity contribution in [3.8, 4) is 11.3 Å². The van der Waals surface area contributed by atoms with Crippen LogP contribution in [0.1, 0.15) is 20.2 Å². The summed E-state index contributed by atoms with van der Waals surface area (Å²) in [7, 11) is 0. The summed E-state index contributed by atoms with van der Waals surface area (Å²) in [6.45, 7) is 2.85. The Morgan fingerprint density at radius 1 is 0.947 bits per heavy atom. The molecule has 0 aliphatic carbocycles. The largest absolute Gasteiger partial charge is 0.451 e. The van der Waals surface area contributed by atoms with Crippen molar-refractivity contribution in [1.82, 2.24) is 10.2 Å². The maximum Gasteiger partial charge on any atom is 0.293 e. The van der Waals surface area contributed by atoms with E-state index in [1.54, 1.807) is 30.3 Å². The molecular formula is C27H22Cl2N4O3S2. The van der Waals surface area contributed by atoms with E-state index in [0.717, 1.165) is 29.3 Å². The van der Waals surface area contributed by atoms with Crippen LogP contribution in [0.2, 0.25) is 10.0 Å². The minimum Gasteiger partial charge on any atom is -0.451 e. The summed E-state index contributed by atoms with van der Waals surface area (Å²) >= 11 is 19.1. The third kappa shape index (κ3) is 6.02. The van der Waals surface area contributed by atoms with Crippen molar-refractivity contribution in [3.63, 3.8) is 0 Å². The highest BCUT2D eigenvalue weighted by molar-refractivity contribution is 7.80. The van der Waals surface area contributed by atoms with Gasteiger partial charge in [0.25, 0.3) is 11.8 Å². The van der Waals surface area contributed by atoms with Gasteiger partial charge < -0.3 is 19.5 Å². The molecule has 1 fully saturated rings. The lowest BCUT2D eigenvalue weighted by Crippen LogP contribution is -2.48. The molecule has 4 aromatic rings. The highest BCUT2D eigenvalue weighted by atomic mass is 35.5. The molecular weight excluding hydrogens is 563 g/mol. The van der Waals surface area contributed by atoms with Gasteiger partial charge in [-0.25, -0.2) is 0 Å². The average molecular weight is 586 g/mol. The number of rotatable bonds is 5. The zero-order chi connectivity index (χ0) is 26.6. The van der Waals surface area contributed by atoms with Crippen molar-refractivity contribution in [3.05, 3.63) is 92.8 Å². The number of nitrogens with zero attached hydrogens (tertiary/aromatic N) is 2. The molecule has 2 N–H and O–H groups in total. The molecule has 0 atom stereocenters. The van der Waals surface area contributed by atoms with Crippen LogP contribution >= 0.6 is 46.8 Å². The van der Waals surface area contributed by atoms with E-state index in [1.165, 1.54) is 11.3 Å². The number of hydrogen-bond donors (Lipinski definition) is 2. The molecule has 2 aromatic heterocycles. The molecule has 1 aliphatic heterocycles. The monoisotopic (exact) mass is 584 g/mol. The van der Waals surface area contributed by atoms with Crippen LogP contribution in [-0.4, -0.2) is 48.0 Å². The lowest BCUT2D eigenvalue weighted by molar-refractivity contribution is 0.0751. The topological polar surface area (TPSA) is 77.8 Å². The van der Waals surface area contributed by atoms with Crippen LogP contribution in [0.5, 0.6) is 0 Å². The first kappa shape index (κ1) is 26.2. The first-order chi connectivity index (χ1) is 18.4. The van der Waals surface area contributed by atoms with Gasteiger partial charge in [-0.05, 0) is 78.3 Å². The highest BCUT2D eigenvalue weighted by Gasteiger charge is 2.23. The number of halogens is 2. The molecule has 0 bridgehead atoms. The van der Waals surface area contributed by atoms with Crippen LogP contribution < -0.4 is 15.5 Å². The molecule has 38 heavy (non-hydrogen) atoms. The Labute approximate surface area is 238 Å². The van der Waals surface area contributed by atoms with Crippen LogP contribution in [-0.2, 0) is 0 Å². The number of hydrogen-bond acceptors (Lipinski definition) is 6. The van der Waals surface area contributed by atoms with Crippen molar-refractivity contribution in [2.75, 3.05) is 36.4 Å². The molecule has 3 heterocycles. The van der Waals surface area contributed by atoms with Gasteiger partial charge in [-0.2, -0.15) is 0 Å². The first-order valence-corrected chi connectivity index (χ1v) is 13.8. The predicted octanol–water partition coefficient (Wildman–Crippen LogP) is 6.40. The number of carbonyl (C=O) groups excluding carboxylic acids is 2. The molecule has 11 heteroatoms. The summed E-state index contributed by atoms with van der Waals surface area (Å²) in [4.78, 5) is 30.1. The maximum absolute atomic E-state index is 12.6. The first-order valence-electron chi connectivity index (χ1n) is 11.7. The Bertz CT molecular complexity index is 1460. The minimum absolute atomic E-state index is 0.0900. The number of thiocarbonyl (C=S) groups is 1. The summed E-state index contributed by atoms with van der Waals surface area (Å²) in [5, 5.41) is 8.67. The maximum atomic E-state index is 12.6. The van der Waals surface area contributed by atoms with Gasteiger partial charge in [0, 0.05) is 48.1 Å². The molecule has 0 saturated carbocycles. The van der Waals surface area contributed by atoms with Crippen LogP contribution in [0.15, 0.2) is 76.5 Å². The fourth-order valence-corrected chi connectivity index (χ4v) is 5.38. The van der Waals surface area contributed by atoms with Gasteiger partial charge in [0.1, 0.15) is 5.76 Å². The van der Waals surface area contributed by atoms with E-state index in [1.807, 2.05) is 46.7 Å². The van der Waals surface area contributed by atoms with E-state index in [2.05, 4.69) is 15.5 Å². The SMILES string of the molecule is O=C(NC(=S)Nc1ccc(N2CCN(C(=O)c3cccs3)CC2)cc1)c1ccc(-c2cc(Cl)ccc2Cl)o1. The smallest absolute Gasteiger partial charge is 0.293 e. The summed E-state index contributed by atoms with van der Waals surface area (Å²) in [5.41, 5.74) is 2.38. The molecule has 194 valence electrons. The lowest BCUT2D eigenvalue weighted by atomic mass is 10.2. The summed E-state index contributed by atoms with van der Waals surface area (Å²) < 4.78 is 5.67. The van der Waals surface area contributed by atoms with Gasteiger partial charge >= 0.3 is 0 Å². The van der Waals surface area contributed by atoms with E-state index >= 15 is 0 Å². The van der Waals surface area contributed by atoms with Crippen LogP contribution in [0.3, 0.4) is 0 Å². The second-order valence-electron chi connectivity index (χ2n) is 8.50. The van der Waals surface area contributed by atoms with Crippen LogP contribution in [0.25, 0.3) is 11.3 Å². The predicted molar refractivity (Wildman–Crippen MR) is 157 cm³/mol. The fourth-order valence-electron chi connectivity index (χ4n) is 4.10. The Balaban J connectivity index is 1.13. The van der Waals surface area contributed by atoms with Crippen molar-refractivity contribution < 1.29 is 14.0 Å². The summed E-state index contributed by atoms with van der Waals surface area (Å²) in [5.74, 6) is 0.119. The Kier molecular flexibility index (Phi) is 7.99. The molecule has 0 spiro atoms. The number of thiophene rings is 1. The standard InChI is InChI=1S/C27H22Cl2N4O3S2/c28-17-3-8-21(29)20(16-17)22-9-10-23(36-22)25(34)31-27(37)30-18-4-6-19(7-5-18)32-11-13-33(14-12-32)26(35)24-2-1-15-38-24/h1-10,15-16H,11-14H2,(H2,30,31,34,37). The molecule has 1 aliphatic rings. The second kappa shape index (κ2) is 11.6. The Morgan fingerprint density at radius 2 is 1.71 bits per heavy atom. The number of carbonyl (C=O) groups is 2. The fraction of sp³-hybridized carbons (Fsp3) is 0.148. The van der Waals surface area contributed by atoms with Gasteiger partial charge in [-0.1, -0.05) is 29.3 Å². The molecule has 5 rings (SSSR count). The summed E-state index contributed by atoms with van der Waals surface area (Å²) in [6, 6.07) is 19.7. The van der Waals surface area contributed by atoms with E-state index < -0.39 is 5.91 Å². The molecule has 2 amide bonds. The second-order valence-corrected chi connectivity index (χ2v) is 10.7. The van der Waals surface area contributed by atoms with Crippen LogP contribution in [0.4, 0.5) is 11.4 Å². The van der Waals surface area contributed by atoms with Crippen molar-refractivity contribution in [2.24, 2.45) is 0 Å². The molecule has 0 unspecified atom stereocenters. The summed E-state index contributed by atoms with van der Waals surface area (Å²) in [6.07, 6.45) is 0. The Hall–Kier alpha value is -3.37. The van der Waals surface area contributed by atoms with Crippen LogP contribution in [0, 0.1) is 0 Å². The average Bonchev–Trinajstić information content (AvgIpc) is 3.63. The van der Waals surface area contributed by atoms with E-state index in [0.29, 0.717) is 34.5 Å². The number of piperazine rings is 1. The number of nitrogens with one attached hydrogen (secondary N) is 2. The van der Waals surface area contributed by atoms with E-state index in [-0.39, 0.29) is 16.8 Å². The van der Waals surface area contributed by atoms with Gasteiger partial charge in [0.2, 0.25) is 0 Å². The van der Waals surface area contributed by atoms with Crippen molar-refractivity contribution >= 4 is 75.1 Å².